The van der Waals surface area contributed by atoms with Gasteiger partial charge in [-0.05, 0) is 42.7 Å². The summed E-state index contributed by atoms with van der Waals surface area (Å²) in [6, 6.07) is 7.97. The van der Waals surface area contributed by atoms with Gasteiger partial charge in [0.2, 0.25) is 0 Å². The fourth-order valence-corrected chi connectivity index (χ4v) is 4.50. The van der Waals surface area contributed by atoms with Crippen LogP contribution in [0.4, 0.5) is 0 Å². The third-order valence-corrected chi connectivity index (χ3v) is 5.54. The summed E-state index contributed by atoms with van der Waals surface area (Å²) >= 11 is 0. The highest BCUT2D eigenvalue weighted by Gasteiger charge is 2.28. The molecule has 0 N–H and O–H groups in total. The minimum absolute atomic E-state index is 0.0851. The second-order valence-electron chi connectivity index (χ2n) is 5.66. The molecule has 1 heterocycles. The molecule has 1 aromatic rings. The third-order valence-electron chi connectivity index (χ3n) is 3.91. The van der Waals surface area contributed by atoms with Crippen LogP contribution in [0.3, 0.4) is 0 Å². The third kappa shape index (κ3) is 3.37. The summed E-state index contributed by atoms with van der Waals surface area (Å²) in [5.74, 6) is 0.931. The monoisotopic (exact) mass is 280 g/mol. The van der Waals surface area contributed by atoms with Gasteiger partial charge < -0.3 is 4.74 Å². The van der Waals surface area contributed by atoms with Crippen LogP contribution in [-0.4, -0.2) is 26.9 Å². The molecular weight excluding hydrogens is 260 g/mol. The van der Waals surface area contributed by atoms with Gasteiger partial charge in [0, 0.05) is 6.61 Å². The van der Waals surface area contributed by atoms with Crippen molar-refractivity contribution in [2.45, 2.75) is 43.5 Å². The van der Waals surface area contributed by atoms with E-state index in [0.29, 0.717) is 12.5 Å². The van der Waals surface area contributed by atoms with E-state index in [1.54, 1.807) is 0 Å². The lowest BCUT2D eigenvalue weighted by Gasteiger charge is -2.12. The van der Waals surface area contributed by atoms with Gasteiger partial charge in [0.05, 0.1) is 17.6 Å². The van der Waals surface area contributed by atoms with E-state index in [0.717, 1.165) is 18.4 Å². The highest BCUT2D eigenvalue weighted by atomic mass is 32.2. The van der Waals surface area contributed by atoms with E-state index in [1.165, 1.54) is 18.4 Å². The van der Waals surface area contributed by atoms with Crippen LogP contribution in [0.25, 0.3) is 0 Å². The topological polar surface area (TPSA) is 43.4 Å². The molecule has 1 saturated heterocycles. The van der Waals surface area contributed by atoms with Crippen LogP contribution < -0.4 is 0 Å². The fourth-order valence-electron chi connectivity index (χ4n) is 2.81. The summed E-state index contributed by atoms with van der Waals surface area (Å²) in [6.45, 7) is 0.707. The van der Waals surface area contributed by atoms with Gasteiger partial charge in [0.25, 0.3) is 0 Å². The average Bonchev–Trinajstić information content (AvgIpc) is 3.08. The van der Waals surface area contributed by atoms with Crippen LogP contribution in [0.5, 0.6) is 0 Å². The summed E-state index contributed by atoms with van der Waals surface area (Å²) in [5.41, 5.74) is 2.22. The van der Waals surface area contributed by atoms with Crippen LogP contribution in [0.1, 0.15) is 42.7 Å². The number of hydrogen-bond acceptors (Lipinski definition) is 3. The Morgan fingerprint density at radius 2 is 1.95 bits per heavy atom. The lowest BCUT2D eigenvalue weighted by Crippen LogP contribution is -2.21. The van der Waals surface area contributed by atoms with Crippen LogP contribution in [0, 0.1) is 0 Å². The molecule has 1 unspecified atom stereocenters. The zero-order valence-corrected chi connectivity index (χ0v) is 11.9. The van der Waals surface area contributed by atoms with Crippen LogP contribution >= 0.6 is 0 Å². The zero-order valence-electron chi connectivity index (χ0n) is 11.0. The molecule has 19 heavy (non-hydrogen) atoms. The molecule has 4 heteroatoms. The molecule has 0 radical (unpaired) electrons. The van der Waals surface area contributed by atoms with E-state index in [-0.39, 0.29) is 17.6 Å². The smallest absolute Gasteiger partial charge is 0.156 e. The van der Waals surface area contributed by atoms with Crippen molar-refractivity contribution in [3.05, 3.63) is 35.4 Å². The Bertz CT molecular complexity index is 540. The fraction of sp³-hybridized carbons (Fsp3) is 0.600. The molecule has 0 bridgehead atoms. The molecule has 2 fully saturated rings. The van der Waals surface area contributed by atoms with Gasteiger partial charge >= 0.3 is 0 Å². The molecule has 0 aromatic heterocycles. The summed E-state index contributed by atoms with van der Waals surface area (Å²) in [7, 11) is -3.07. The molecule has 1 saturated carbocycles. The lowest BCUT2D eigenvalue weighted by atomic mass is 10.1. The van der Waals surface area contributed by atoms with Crippen molar-refractivity contribution in [3.8, 4) is 0 Å². The molecule has 2 aliphatic rings. The first-order valence-electron chi connectivity index (χ1n) is 7.04. The van der Waals surface area contributed by atoms with Crippen molar-refractivity contribution in [3.63, 3.8) is 0 Å². The Labute approximate surface area is 114 Å². The largest absolute Gasteiger partial charge is 0.377 e. The first-order chi connectivity index (χ1) is 9.14. The Morgan fingerprint density at radius 3 is 2.63 bits per heavy atom. The quantitative estimate of drug-likeness (QED) is 0.833. The molecule has 3 nitrogen and oxygen atoms in total. The first-order valence-corrected chi connectivity index (χ1v) is 8.86. The molecule has 1 aliphatic carbocycles. The Balaban J connectivity index is 1.72. The lowest BCUT2D eigenvalue weighted by molar-refractivity contribution is 0.127. The summed E-state index contributed by atoms with van der Waals surface area (Å²) in [6.07, 6.45) is 4.17. The van der Waals surface area contributed by atoms with E-state index in [4.69, 9.17) is 4.74 Å². The van der Waals surface area contributed by atoms with Crippen molar-refractivity contribution in [1.29, 1.82) is 0 Å². The number of rotatable bonds is 5. The maximum absolute atomic E-state index is 12.3. The van der Waals surface area contributed by atoms with Gasteiger partial charge in [-0.2, -0.15) is 0 Å². The predicted molar refractivity (Wildman–Crippen MR) is 74.9 cm³/mol. The maximum atomic E-state index is 12.3. The number of sulfone groups is 1. The van der Waals surface area contributed by atoms with Crippen molar-refractivity contribution in [1.82, 2.24) is 0 Å². The van der Waals surface area contributed by atoms with Crippen molar-refractivity contribution in [2.75, 3.05) is 12.4 Å². The molecule has 0 spiro atoms. The van der Waals surface area contributed by atoms with Crippen LogP contribution in [0.2, 0.25) is 0 Å². The van der Waals surface area contributed by atoms with Gasteiger partial charge in [-0.1, -0.05) is 24.3 Å². The average molecular weight is 280 g/mol. The molecule has 1 atom stereocenters. The second kappa shape index (κ2) is 5.25. The van der Waals surface area contributed by atoms with Crippen LogP contribution in [0.15, 0.2) is 24.3 Å². The molecule has 0 amide bonds. The molecule has 104 valence electrons. The van der Waals surface area contributed by atoms with E-state index < -0.39 is 9.84 Å². The number of benzene rings is 1. The van der Waals surface area contributed by atoms with Gasteiger partial charge in [-0.25, -0.2) is 8.42 Å². The van der Waals surface area contributed by atoms with Gasteiger partial charge in [0.15, 0.2) is 9.84 Å². The van der Waals surface area contributed by atoms with Crippen molar-refractivity contribution < 1.29 is 13.2 Å². The van der Waals surface area contributed by atoms with E-state index in [9.17, 15) is 8.42 Å². The Morgan fingerprint density at radius 1 is 1.16 bits per heavy atom. The van der Waals surface area contributed by atoms with Crippen molar-refractivity contribution >= 4 is 9.84 Å². The second-order valence-corrected chi connectivity index (χ2v) is 7.77. The number of ether oxygens (including phenoxy) is 1. The van der Waals surface area contributed by atoms with Gasteiger partial charge in [-0.3, -0.25) is 0 Å². The molecule has 1 aromatic carbocycles. The van der Waals surface area contributed by atoms with Crippen LogP contribution in [-0.2, 0) is 20.3 Å². The molecule has 3 rings (SSSR count). The summed E-state index contributed by atoms with van der Waals surface area (Å²) < 4.78 is 30.0. The van der Waals surface area contributed by atoms with E-state index in [2.05, 4.69) is 6.07 Å². The summed E-state index contributed by atoms with van der Waals surface area (Å²) in [4.78, 5) is 0. The highest BCUT2D eigenvalue weighted by molar-refractivity contribution is 7.90. The predicted octanol–water partition coefficient (Wildman–Crippen LogP) is 2.66. The normalized spacial score (nSPS) is 23.7. The molecule has 1 aliphatic heterocycles. The SMILES string of the molecule is O=S(=O)(Cc1ccccc1C1CC1)CC1CCCO1. The highest BCUT2D eigenvalue weighted by Crippen LogP contribution is 2.42. The number of hydrogen-bond donors (Lipinski definition) is 0. The van der Waals surface area contributed by atoms with Gasteiger partial charge in [0.1, 0.15) is 0 Å². The zero-order chi connectivity index (χ0) is 13.3. The first kappa shape index (κ1) is 13.1. The van der Waals surface area contributed by atoms with E-state index in [1.807, 2.05) is 18.2 Å². The van der Waals surface area contributed by atoms with Crippen molar-refractivity contribution in [2.24, 2.45) is 0 Å². The summed E-state index contributed by atoms with van der Waals surface area (Å²) in [5, 5.41) is 0. The van der Waals surface area contributed by atoms with E-state index >= 15 is 0 Å². The minimum atomic E-state index is -3.07. The maximum Gasteiger partial charge on any atom is 0.156 e. The Hall–Kier alpha value is -0.870. The molecular formula is C15H20O3S. The van der Waals surface area contributed by atoms with Gasteiger partial charge in [-0.15, -0.1) is 0 Å². The Kier molecular flexibility index (Phi) is 3.63. The standard InChI is InChI=1S/C15H20O3S/c16-19(17,11-14-5-3-9-18-14)10-13-4-1-2-6-15(13)12-7-8-12/h1-2,4,6,12,14H,3,5,7-11H2. The minimum Gasteiger partial charge on any atom is -0.377 e.